The van der Waals surface area contributed by atoms with Crippen molar-refractivity contribution in [3.05, 3.63) is 58.6 Å². The molecule has 1 N–H and O–H groups in total. The number of hydrogen-bond acceptors (Lipinski definition) is 4. The van der Waals surface area contributed by atoms with Gasteiger partial charge in [-0.1, -0.05) is 23.7 Å². The molecule has 30 heavy (non-hydrogen) atoms. The van der Waals surface area contributed by atoms with Crippen molar-refractivity contribution in [2.24, 2.45) is 0 Å². The van der Waals surface area contributed by atoms with E-state index in [9.17, 15) is 4.79 Å². The maximum atomic E-state index is 12.4. The summed E-state index contributed by atoms with van der Waals surface area (Å²) in [6, 6.07) is 14.1. The van der Waals surface area contributed by atoms with Crippen LogP contribution in [-0.4, -0.2) is 50.6 Å². The van der Waals surface area contributed by atoms with Crippen LogP contribution < -0.4 is 15.0 Å². The highest BCUT2D eigenvalue weighted by Crippen LogP contribution is 2.31. The van der Waals surface area contributed by atoms with Crippen LogP contribution in [0.25, 0.3) is 0 Å². The summed E-state index contributed by atoms with van der Waals surface area (Å²) in [5.41, 5.74) is 4.05. The summed E-state index contributed by atoms with van der Waals surface area (Å²) < 4.78 is 5.58. The zero-order chi connectivity index (χ0) is 20.9. The van der Waals surface area contributed by atoms with Gasteiger partial charge in [0, 0.05) is 30.8 Å². The number of nitrogens with one attached hydrogen (secondary N) is 1. The van der Waals surface area contributed by atoms with Gasteiger partial charge in [0.15, 0.2) is 6.61 Å². The van der Waals surface area contributed by atoms with Crippen LogP contribution in [0.3, 0.4) is 0 Å². The Hall–Kier alpha value is -2.24. The second kappa shape index (κ2) is 9.71. The van der Waals surface area contributed by atoms with Gasteiger partial charge in [0.2, 0.25) is 0 Å². The number of nitrogens with zero attached hydrogens (tertiary/aromatic N) is 2. The van der Waals surface area contributed by atoms with Gasteiger partial charge in [-0.15, -0.1) is 0 Å². The fraction of sp³-hybridized carbons (Fsp3) is 0.458. The molecule has 4 rings (SSSR count). The van der Waals surface area contributed by atoms with E-state index in [0.29, 0.717) is 17.3 Å². The first kappa shape index (κ1) is 21.0. The van der Waals surface area contributed by atoms with Crippen LogP contribution in [0, 0.1) is 0 Å². The van der Waals surface area contributed by atoms with Crippen LogP contribution in [0.5, 0.6) is 5.75 Å². The Labute approximate surface area is 184 Å². The van der Waals surface area contributed by atoms with E-state index < -0.39 is 0 Å². The van der Waals surface area contributed by atoms with Crippen LogP contribution in [0.2, 0.25) is 5.02 Å². The van der Waals surface area contributed by atoms with Crippen LogP contribution in [0.1, 0.15) is 36.4 Å². The minimum Gasteiger partial charge on any atom is -0.484 e. The highest BCUT2D eigenvalue weighted by atomic mass is 35.5. The number of halogens is 1. The molecule has 0 aliphatic carbocycles. The molecule has 0 unspecified atom stereocenters. The minimum atomic E-state index is -0.105. The van der Waals surface area contributed by atoms with Crippen molar-refractivity contribution in [3.8, 4) is 5.75 Å². The number of hydrogen-bond donors (Lipinski definition) is 1. The number of amides is 1. The van der Waals surface area contributed by atoms with Crippen molar-refractivity contribution in [1.82, 2.24) is 10.2 Å². The fourth-order valence-electron chi connectivity index (χ4n) is 4.46. The molecule has 0 spiro atoms. The molecule has 1 fully saturated rings. The molecular weight excluding hydrogens is 398 g/mol. The van der Waals surface area contributed by atoms with Gasteiger partial charge in [-0.05, 0) is 80.2 Å². The lowest BCUT2D eigenvalue weighted by Crippen LogP contribution is -2.38. The van der Waals surface area contributed by atoms with E-state index in [2.05, 4.69) is 40.4 Å². The standard InChI is InChI=1S/C24H30ClN3O2/c1-27-12-4-5-18-15-19(6-11-22(18)27)23(28-13-2-3-14-28)16-26-24(29)17-30-21-9-7-20(25)8-10-21/h6-11,15,23H,2-5,12-14,16-17H2,1H3,(H,26,29)/t23-/m1/s1. The van der Waals surface area contributed by atoms with Gasteiger partial charge >= 0.3 is 0 Å². The zero-order valence-electron chi connectivity index (χ0n) is 17.6. The first-order chi connectivity index (χ1) is 14.6. The second-order valence-electron chi connectivity index (χ2n) is 8.22. The molecule has 2 aliphatic heterocycles. The van der Waals surface area contributed by atoms with E-state index in [1.54, 1.807) is 24.3 Å². The van der Waals surface area contributed by atoms with Crippen LogP contribution in [0.15, 0.2) is 42.5 Å². The summed E-state index contributed by atoms with van der Waals surface area (Å²) in [4.78, 5) is 17.3. The largest absolute Gasteiger partial charge is 0.484 e. The molecule has 0 radical (unpaired) electrons. The topological polar surface area (TPSA) is 44.8 Å². The Balaban J connectivity index is 1.40. The molecule has 6 heteroatoms. The number of ether oxygens (including phenoxy) is 1. The van der Waals surface area contributed by atoms with Crippen molar-refractivity contribution in [2.45, 2.75) is 31.7 Å². The van der Waals surface area contributed by atoms with Crippen LogP contribution in [0.4, 0.5) is 5.69 Å². The van der Waals surface area contributed by atoms with Gasteiger partial charge in [-0.3, -0.25) is 9.69 Å². The predicted octanol–water partition coefficient (Wildman–Crippen LogP) is 4.05. The summed E-state index contributed by atoms with van der Waals surface area (Å²) >= 11 is 5.89. The van der Waals surface area contributed by atoms with E-state index in [1.807, 2.05) is 0 Å². The second-order valence-corrected chi connectivity index (χ2v) is 8.66. The number of fused-ring (bicyclic) bond motifs is 1. The van der Waals surface area contributed by atoms with E-state index >= 15 is 0 Å². The lowest BCUT2D eigenvalue weighted by molar-refractivity contribution is -0.123. The Morgan fingerprint density at radius 1 is 1.10 bits per heavy atom. The fourth-order valence-corrected chi connectivity index (χ4v) is 4.59. The number of benzene rings is 2. The minimum absolute atomic E-state index is 0.00331. The number of carbonyl (C=O) groups is 1. The van der Waals surface area contributed by atoms with Gasteiger partial charge < -0.3 is 15.0 Å². The molecule has 1 saturated heterocycles. The molecule has 2 aromatic carbocycles. The summed E-state index contributed by atoms with van der Waals surface area (Å²) in [6.07, 6.45) is 4.76. The highest BCUT2D eigenvalue weighted by Gasteiger charge is 2.25. The Morgan fingerprint density at radius 3 is 2.63 bits per heavy atom. The summed E-state index contributed by atoms with van der Waals surface area (Å²) in [5, 5.41) is 3.74. The Kier molecular flexibility index (Phi) is 6.80. The summed E-state index contributed by atoms with van der Waals surface area (Å²) in [7, 11) is 2.16. The Bertz CT molecular complexity index is 865. The quantitative estimate of drug-likeness (QED) is 0.723. The molecule has 0 saturated carbocycles. The summed E-state index contributed by atoms with van der Waals surface area (Å²) in [5.74, 6) is 0.538. The van der Waals surface area contributed by atoms with Crippen molar-refractivity contribution in [1.29, 1.82) is 0 Å². The van der Waals surface area contributed by atoms with Crippen molar-refractivity contribution in [3.63, 3.8) is 0 Å². The maximum Gasteiger partial charge on any atom is 0.258 e. The number of rotatable bonds is 7. The van der Waals surface area contributed by atoms with Crippen molar-refractivity contribution >= 4 is 23.2 Å². The van der Waals surface area contributed by atoms with E-state index in [4.69, 9.17) is 16.3 Å². The molecular formula is C24H30ClN3O2. The van der Waals surface area contributed by atoms with Crippen molar-refractivity contribution < 1.29 is 9.53 Å². The SMILES string of the molecule is CN1CCCc2cc([C@@H](CNC(=O)COc3ccc(Cl)cc3)N3CCCC3)ccc21. The summed E-state index contributed by atoms with van der Waals surface area (Å²) in [6.45, 7) is 3.88. The van der Waals surface area contributed by atoms with E-state index in [0.717, 1.165) is 26.1 Å². The predicted molar refractivity (Wildman–Crippen MR) is 122 cm³/mol. The number of aryl methyl sites for hydroxylation is 1. The molecule has 2 aromatic rings. The zero-order valence-corrected chi connectivity index (χ0v) is 18.3. The third-order valence-electron chi connectivity index (χ3n) is 6.10. The first-order valence-corrected chi connectivity index (χ1v) is 11.2. The molecule has 2 aliphatic rings. The first-order valence-electron chi connectivity index (χ1n) is 10.8. The van der Waals surface area contributed by atoms with Gasteiger partial charge in [0.25, 0.3) is 5.91 Å². The Morgan fingerprint density at radius 2 is 1.87 bits per heavy atom. The van der Waals surface area contributed by atoms with Crippen LogP contribution in [-0.2, 0) is 11.2 Å². The average molecular weight is 428 g/mol. The lowest BCUT2D eigenvalue weighted by atomic mass is 9.96. The van der Waals surface area contributed by atoms with Crippen molar-refractivity contribution in [2.75, 3.05) is 44.7 Å². The number of anilines is 1. The van der Waals surface area contributed by atoms with E-state index in [1.165, 1.54) is 36.1 Å². The molecule has 2 heterocycles. The van der Waals surface area contributed by atoms with Gasteiger partial charge in [-0.25, -0.2) is 0 Å². The van der Waals surface area contributed by atoms with Gasteiger partial charge in [0.05, 0.1) is 6.04 Å². The average Bonchev–Trinajstić information content (AvgIpc) is 3.28. The van der Waals surface area contributed by atoms with Crippen LogP contribution >= 0.6 is 11.6 Å². The molecule has 0 bridgehead atoms. The molecule has 5 nitrogen and oxygen atoms in total. The van der Waals surface area contributed by atoms with Gasteiger partial charge in [0.1, 0.15) is 5.75 Å². The monoisotopic (exact) mass is 427 g/mol. The molecule has 1 atom stereocenters. The highest BCUT2D eigenvalue weighted by molar-refractivity contribution is 6.30. The molecule has 0 aromatic heterocycles. The third kappa shape index (κ3) is 5.08. The lowest BCUT2D eigenvalue weighted by Gasteiger charge is -2.32. The number of likely N-dealkylation sites (tertiary alicyclic amines) is 1. The normalized spacial score (nSPS) is 17.5. The molecule has 1 amide bonds. The smallest absolute Gasteiger partial charge is 0.258 e. The van der Waals surface area contributed by atoms with E-state index in [-0.39, 0.29) is 18.6 Å². The van der Waals surface area contributed by atoms with Gasteiger partial charge in [-0.2, -0.15) is 0 Å². The number of carbonyl (C=O) groups excluding carboxylic acids is 1. The maximum absolute atomic E-state index is 12.4. The molecule has 160 valence electrons. The third-order valence-corrected chi connectivity index (χ3v) is 6.35.